The normalized spacial score (nSPS) is 16.6. The van der Waals surface area contributed by atoms with E-state index in [1.165, 1.54) is 28.1 Å². The number of cyclic esters (lactones) is 1. The molecule has 1 saturated heterocycles. The number of amides is 2. The smallest absolute Gasteiger partial charge is 0.414 e. The average molecular weight is 536 g/mol. The molecule has 2 aromatic rings. The molecule has 2 heterocycles. The number of aromatic nitrogens is 3. The molecular formula is C25H38FN5O5Si. The van der Waals surface area contributed by atoms with Gasteiger partial charge in [0.1, 0.15) is 17.5 Å². The SMILES string of the molecule is CC(C)(C)OC(=O)N(CCO[Si](C)(C)C(C)(C)C)c1ccc(N2C[C@H](Cn3ccnn3)OC2=O)cc1F. The van der Waals surface area contributed by atoms with Crippen LogP contribution in [0.4, 0.5) is 25.4 Å². The summed E-state index contributed by atoms with van der Waals surface area (Å²) in [4.78, 5) is 28.1. The zero-order valence-corrected chi connectivity index (χ0v) is 23.9. The second kappa shape index (κ2) is 10.8. The second-order valence-electron chi connectivity index (χ2n) is 11.6. The van der Waals surface area contributed by atoms with Crippen molar-refractivity contribution in [2.45, 2.75) is 77.9 Å². The third-order valence-electron chi connectivity index (χ3n) is 6.47. The van der Waals surface area contributed by atoms with Gasteiger partial charge in [0.2, 0.25) is 0 Å². The van der Waals surface area contributed by atoms with Crippen molar-refractivity contribution in [1.29, 1.82) is 0 Å². The summed E-state index contributed by atoms with van der Waals surface area (Å²) in [5, 5.41) is 7.62. The monoisotopic (exact) mass is 535 g/mol. The van der Waals surface area contributed by atoms with Crippen LogP contribution in [0.25, 0.3) is 0 Å². The maximum Gasteiger partial charge on any atom is 0.414 e. The molecule has 1 aromatic heterocycles. The highest BCUT2D eigenvalue weighted by Crippen LogP contribution is 2.36. The third-order valence-corrected chi connectivity index (χ3v) is 11.0. The first kappa shape index (κ1) is 28.6. The molecule has 10 nitrogen and oxygen atoms in total. The van der Waals surface area contributed by atoms with Gasteiger partial charge in [-0.05, 0) is 57.1 Å². The van der Waals surface area contributed by atoms with Crippen LogP contribution >= 0.6 is 0 Å². The largest absolute Gasteiger partial charge is 0.443 e. The number of hydrogen-bond donors (Lipinski definition) is 0. The minimum absolute atomic E-state index is 0.00717. The molecular weight excluding hydrogens is 497 g/mol. The second-order valence-corrected chi connectivity index (χ2v) is 16.4. The van der Waals surface area contributed by atoms with Gasteiger partial charge in [-0.25, -0.2) is 18.7 Å². The average Bonchev–Trinajstić information content (AvgIpc) is 3.39. The van der Waals surface area contributed by atoms with Crippen molar-refractivity contribution < 1.29 is 27.9 Å². The first-order valence-electron chi connectivity index (χ1n) is 12.3. The Bertz CT molecular complexity index is 1100. The van der Waals surface area contributed by atoms with E-state index in [0.717, 1.165) is 0 Å². The Hall–Kier alpha value is -2.99. The molecule has 1 aliphatic rings. The number of ether oxygens (including phenoxy) is 2. The lowest BCUT2D eigenvalue weighted by Crippen LogP contribution is -2.44. The maximum absolute atomic E-state index is 15.4. The van der Waals surface area contributed by atoms with E-state index in [-0.39, 0.29) is 30.4 Å². The lowest BCUT2D eigenvalue weighted by molar-refractivity contribution is 0.0573. The van der Waals surface area contributed by atoms with Gasteiger partial charge in [-0.1, -0.05) is 26.0 Å². The number of rotatable bonds is 8. The molecule has 1 aliphatic heterocycles. The molecule has 37 heavy (non-hydrogen) atoms. The van der Waals surface area contributed by atoms with E-state index < -0.39 is 38.0 Å². The summed E-state index contributed by atoms with van der Waals surface area (Å²) in [6.45, 7) is 16.8. The van der Waals surface area contributed by atoms with E-state index in [0.29, 0.717) is 12.2 Å². The van der Waals surface area contributed by atoms with Crippen molar-refractivity contribution in [2.75, 3.05) is 29.5 Å². The van der Waals surface area contributed by atoms with Crippen LogP contribution < -0.4 is 9.80 Å². The van der Waals surface area contributed by atoms with Crippen molar-refractivity contribution >= 4 is 31.9 Å². The predicted octanol–water partition coefficient (Wildman–Crippen LogP) is 5.21. The first-order valence-corrected chi connectivity index (χ1v) is 15.2. The van der Waals surface area contributed by atoms with Crippen LogP contribution in [0.5, 0.6) is 0 Å². The number of carbonyl (C=O) groups excluding carboxylic acids is 2. The summed E-state index contributed by atoms with van der Waals surface area (Å²) in [7, 11) is -2.07. The van der Waals surface area contributed by atoms with Crippen LogP contribution in [0.1, 0.15) is 41.5 Å². The molecule has 1 fully saturated rings. The lowest BCUT2D eigenvalue weighted by atomic mass is 10.2. The molecule has 2 amide bonds. The highest BCUT2D eigenvalue weighted by molar-refractivity contribution is 6.74. The van der Waals surface area contributed by atoms with Crippen molar-refractivity contribution in [3.63, 3.8) is 0 Å². The van der Waals surface area contributed by atoms with Crippen LogP contribution in [0, 0.1) is 5.82 Å². The summed E-state index contributed by atoms with van der Waals surface area (Å²) in [6, 6.07) is 4.28. The van der Waals surface area contributed by atoms with E-state index >= 15 is 4.39 Å². The van der Waals surface area contributed by atoms with Crippen molar-refractivity contribution in [3.05, 3.63) is 36.4 Å². The van der Waals surface area contributed by atoms with E-state index in [9.17, 15) is 9.59 Å². The number of halogens is 1. The maximum atomic E-state index is 15.4. The van der Waals surface area contributed by atoms with Gasteiger partial charge in [-0.2, -0.15) is 0 Å². The summed E-state index contributed by atoms with van der Waals surface area (Å²) < 4.78 is 34.2. The van der Waals surface area contributed by atoms with Crippen molar-refractivity contribution in [1.82, 2.24) is 15.0 Å². The van der Waals surface area contributed by atoms with Gasteiger partial charge in [0.15, 0.2) is 8.32 Å². The molecule has 3 rings (SSSR count). The molecule has 0 N–H and O–H groups in total. The van der Waals surface area contributed by atoms with Crippen molar-refractivity contribution in [2.24, 2.45) is 0 Å². The van der Waals surface area contributed by atoms with Crippen LogP contribution in [0.15, 0.2) is 30.6 Å². The number of nitrogens with zero attached hydrogens (tertiary/aromatic N) is 5. The third kappa shape index (κ3) is 7.28. The minimum atomic E-state index is -2.07. The molecule has 12 heteroatoms. The Kier molecular flexibility index (Phi) is 8.33. The molecule has 0 unspecified atom stereocenters. The highest BCUT2D eigenvalue weighted by atomic mass is 28.4. The van der Waals surface area contributed by atoms with E-state index in [1.807, 2.05) is 0 Å². The van der Waals surface area contributed by atoms with Gasteiger partial charge in [0, 0.05) is 6.20 Å². The molecule has 1 atom stereocenters. The fourth-order valence-electron chi connectivity index (χ4n) is 3.48. The van der Waals surface area contributed by atoms with Crippen molar-refractivity contribution in [3.8, 4) is 0 Å². The first-order chi connectivity index (χ1) is 17.1. The van der Waals surface area contributed by atoms with Gasteiger partial charge < -0.3 is 13.9 Å². The van der Waals surface area contributed by atoms with E-state index in [2.05, 4.69) is 44.2 Å². The quantitative estimate of drug-likeness (QED) is 0.428. The summed E-state index contributed by atoms with van der Waals surface area (Å²) in [5.41, 5.74) is -0.387. The minimum Gasteiger partial charge on any atom is -0.443 e. The number of anilines is 2. The Morgan fingerprint density at radius 3 is 2.51 bits per heavy atom. The Morgan fingerprint density at radius 2 is 1.95 bits per heavy atom. The van der Waals surface area contributed by atoms with E-state index in [4.69, 9.17) is 13.9 Å². The van der Waals surface area contributed by atoms with Crippen LogP contribution in [0.2, 0.25) is 18.1 Å². The fraction of sp³-hybridized carbons (Fsp3) is 0.600. The van der Waals surface area contributed by atoms with Gasteiger partial charge >= 0.3 is 12.2 Å². The Labute approximate surface area is 218 Å². The molecule has 0 radical (unpaired) electrons. The molecule has 1 aromatic carbocycles. The molecule has 204 valence electrons. The van der Waals surface area contributed by atoms with Gasteiger partial charge in [0.25, 0.3) is 0 Å². The topological polar surface area (TPSA) is 99.0 Å². The number of hydrogen-bond acceptors (Lipinski definition) is 7. The number of carbonyl (C=O) groups is 2. The van der Waals surface area contributed by atoms with E-state index in [1.54, 1.807) is 37.7 Å². The standard InChI is InChI=1S/C25H38FN5O5Si/c1-24(2,3)36-23(33)30(13-14-34-37(7,8)25(4,5)6)21-10-9-18(15-20(21)26)31-17-19(35-22(31)32)16-29-12-11-27-28-29/h9-12,15,19H,13-14,16-17H2,1-8H3/t19-/m0/s1. The fourth-order valence-corrected chi connectivity index (χ4v) is 4.52. The molecule has 0 bridgehead atoms. The zero-order valence-electron chi connectivity index (χ0n) is 22.9. The summed E-state index contributed by atoms with van der Waals surface area (Å²) in [6.07, 6.45) is 1.50. The summed E-state index contributed by atoms with van der Waals surface area (Å²) >= 11 is 0. The van der Waals surface area contributed by atoms with Gasteiger partial charge in [-0.3, -0.25) is 9.80 Å². The van der Waals surface area contributed by atoms with Crippen LogP contribution in [0.3, 0.4) is 0 Å². The summed E-state index contributed by atoms with van der Waals surface area (Å²) in [5.74, 6) is -0.664. The highest BCUT2D eigenvalue weighted by Gasteiger charge is 2.38. The Morgan fingerprint density at radius 1 is 1.24 bits per heavy atom. The molecule has 0 spiro atoms. The Balaban J connectivity index is 1.78. The van der Waals surface area contributed by atoms with Crippen LogP contribution in [-0.4, -0.2) is 66.9 Å². The molecule has 0 saturated carbocycles. The van der Waals surface area contributed by atoms with Gasteiger partial charge in [0.05, 0.1) is 43.8 Å². The van der Waals surface area contributed by atoms with Gasteiger partial charge in [-0.15, -0.1) is 5.10 Å². The zero-order chi connectivity index (χ0) is 27.6. The number of benzene rings is 1. The van der Waals surface area contributed by atoms with Crippen LogP contribution in [-0.2, 0) is 20.4 Å². The lowest BCUT2D eigenvalue weighted by Gasteiger charge is -2.37. The predicted molar refractivity (Wildman–Crippen MR) is 141 cm³/mol. The molecule has 0 aliphatic carbocycles.